The first-order valence-electron chi connectivity index (χ1n) is 3.97. The van der Waals surface area contributed by atoms with E-state index in [-0.39, 0.29) is 7.43 Å². The Morgan fingerprint density at radius 1 is 1.33 bits per heavy atom. The van der Waals surface area contributed by atoms with Gasteiger partial charge >= 0.3 is 0 Å². The fourth-order valence-corrected chi connectivity index (χ4v) is 0.749. The highest BCUT2D eigenvalue weighted by molar-refractivity contribution is 5.32. The van der Waals surface area contributed by atoms with Gasteiger partial charge in [0.25, 0.3) is 0 Å². The molecule has 0 nitrogen and oxygen atoms in total. The summed E-state index contributed by atoms with van der Waals surface area (Å²) in [6, 6.07) is 0. The Hall–Kier alpha value is -1.04. The second-order valence-electron chi connectivity index (χ2n) is 2.21. The molecule has 0 rings (SSSR count). The average molecular weight is 164 g/mol. The van der Waals surface area contributed by atoms with Crippen molar-refractivity contribution in [2.75, 3.05) is 0 Å². The minimum absolute atomic E-state index is 0. The molecule has 0 aliphatic heterocycles. The zero-order chi connectivity index (χ0) is 8.53. The lowest BCUT2D eigenvalue weighted by atomic mass is 10.2. The normalized spacial score (nSPS) is 12.0. The van der Waals surface area contributed by atoms with Crippen LogP contribution in [0.25, 0.3) is 0 Å². The summed E-state index contributed by atoms with van der Waals surface area (Å²) in [6.07, 6.45) is 13.2. The summed E-state index contributed by atoms with van der Waals surface area (Å²) in [5.41, 5.74) is 1.20. The second-order valence-corrected chi connectivity index (χ2v) is 2.21. The lowest BCUT2D eigenvalue weighted by molar-refractivity contribution is 1.22. The van der Waals surface area contributed by atoms with Crippen molar-refractivity contribution < 1.29 is 0 Å². The maximum Gasteiger partial charge on any atom is -0.0263 e. The summed E-state index contributed by atoms with van der Waals surface area (Å²) in [4.78, 5) is 0. The number of hydrogen-bond acceptors (Lipinski definition) is 0. The van der Waals surface area contributed by atoms with Gasteiger partial charge in [-0.15, -0.1) is 0 Å². The highest BCUT2D eigenvalue weighted by Gasteiger charge is 1.79. The molecule has 0 N–H and O–H groups in total. The lowest BCUT2D eigenvalue weighted by Crippen LogP contribution is -1.68. The molecule has 0 spiro atoms. The van der Waals surface area contributed by atoms with Crippen LogP contribution in [0.1, 0.15) is 27.7 Å². The van der Waals surface area contributed by atoms with Crippen LogP contribution in [0, 0.1) is 0 Å². The van der Waals surface area contributed by atoms with Crippen molar-refractivity contribution in [2.24, 2.45) is 0 Å². The third-order valence-corrected chi connectivity index (χ3v) is 1.22. The van der Waals surface area contributed by atoms with E-state index in [9.17, 15) is 0 Å². The standard InChI is InChI=1S/C11H16.CH4/c1-4-7-10-11(8-5-2)9-6-3;/h5-10H,2,4H2,1,3H3;1H4/b9-6+,10-7-,11-8-;. The van der Waals surface area contributed by atoms with E-state index in [1.54, 1.807) is 6.08 Å². The fraction of sp³-hybridized carbons (Fsp3) is 0.333. The van der Waals surface area contributed by atoms with E-state index in [0.717, 1.165) is 6.42 Å². The van der Waals surface area contributed by atoms with Crippen molar-refractivity contribution in [3.63, 3.8) is 0 Å². The Bertz CT molecular complexity index is 180. The van der Waals surface area contributed by atoms with Gasteiger partial charge in [-0.25, -0.2) is 0 Å². The van der Waals surface area contributed by atoms with Gasteiger partial charge in [-0.3, -0.25) is 0 Å². The summed E-state index contributed by atoms with van der Waals surface area (Å²) in [6.45, 7) is 7.78. The maximum atomic E-state index is 3.65. The van der Waals surface area contributed by atoms with E-state index in [0.29, 0.717) is 0 Å². The molecule has 0 aliphatic carbocycles. The molecule has 68 valence electrons. The Morgan fingerprint density at radius 3 is 2.42 bits per heavy atom. The van der Waals surface area contributed by atoms with Gasteiger partial charge in [0.05, 0.1) is 0 Å². The summed E-state index contributed by atoms with van der Waals surface area (Å²) >= 11 is 0. The van der Waals surface area contributed by atoms with Crippen LogP contribution in [0.5, 0.6) is 0 Å². The molecule has 0 heterocycles. The van der Waals surface area contributed by atoms with E-state index in [4.69, 9.17) is 0 Å². The van der Waals surface area contributed by atoms with Crippen LogP contribution in [0.4, 0.5) is 0 Å². The van der Waals surface area contributed by atoms with Crippen molar-refractivity contribution in [1.29, 1.82) is 0 Å². The zero-order valence-electron chi connectivity index (χ0n) is 7.38. The number of rotatable bonds is 4. The largest absolute Gasteiger partial charge is 0.0990 e. The molecule has 0 aromatic rings. The number of allylic oxidation sites excluding steroid dienone is 7. The molecule has 0 amide bonds. The molecule has 0 heteroatoms. The number of hydrogen-bond donors (Lipinski definition) is 0. The monoisotopic (exact) mass is 164 g/mol. The third-order valence-electron chi connectivity index (χ3n) is 1.22. The van der Waals surface area contributed by atoms with Gasteiger partial charge in [0.1, 0.15) is 0 Å². The first-order valence-corrected chi connectivity index (χ1v) is 3.97. The summed E-state index contributed by atoms with van der Waals surface area (Å²) in [5.74, 6) is 0. The van der Waals surface area contributed by atoms with Gasteiger partial charge in [-0.1, -0.05) is 57.4 Å². The van der Waals surface area contributed by atoms with Crippen LogP contribution < -0.4 is 0 Å². The maximum absolute atomic E-state index is 3.65. The predicted molar refractivity (Wildman–Crippen MR) is 59.3 cm³/mol. The molecule has 0 aromatic heterocycles. The first kappa shape index (κ1) is 13.5. The van der Waals surface area contributed by atoms with Gasteiger partial charge in [-0.2, -0.15) is 0 Å². The SMILES string of the molecule is C.C=C/C=C(\C=C/CC)/C=C/C. The van der Waals surface area contributed by atoms with Gasteiger partial charge < -0.3 is 0 Å². The quantitative estimate of drug-likeness (QED) is 0.544. The molecule has 0 saturated carbocycles. The molecule has 0 atom stereocenters. The van der Waals surface area contributed by atoms with Crippen LogP contribution in [0.3, 0.4) is 0 Å². The van der Waals surface area contributed by atoms with E-state index in [2.05, 4.69) is 31.7 Å². The topological polar surface area (TPSA) is 0 Å². The van der Waals surface area contributed by atoms with Crippen LogP contribution in [-0.2, 0) is 0 Å². The van der Waals surface area contributed by atoms with E-state index in [1.165, 1.54) is 5.57 Å². The predicted octanol–water partition coefficient (Wildman–Crippen LogP) is 4.28. The molecule has 0 radical (unpaired) electrons. The molecule has 0 saturated heterocycles. The lowest BCUT2D eigenvalue weighted by Gasteiger charge is -1.89. The van der Waals surface area contributed by atoms with Crippen LogP contribution in [-0.4, -0.2) is 0 Å². The van der Waals surface area contributed by atoms with Crippen molar-refractivity contribution >= 4 is 0 Å². The van der Waals surface area contributed by atoms with Crippen molar-refractivity contribution in [2.45, 2.75) is 27.7 Å². The van der Waals surface area contributed by atoms with Crippen molar-refractivity contribution in [3.05, 3.63) is 48.6 Å². The van der Waals surface area contributed by atoms with Gasteiger partial charge in [-0.05, 0) is 18.9 Å². The van der Waals surface area contributed by atoms with E-state index >= 15 is 0 Å². The molecular formula is C12H20. The van der Waals surface area contributed by atoms with E-state index in [1.807, 2.05) is 19.1 Å². The minimum Gasteiger partial charge on any atom is -0.0990 e. The second kappa shape index (κ2) is 9.96. The zero-order valence-corrected chi connectivity index (χ0v) is 7.38. The summed E-state index contributed by atoms with van der Waals surface area (Å²) < 4.78 is 0. The highest BCUT2D eigenvalue weighted by Crippen LogP contribution is 2.00. The molecular weight excluding hydrogens is 144 g/mol. The smallest absolute Gasteiger partial charge is 0.0263 e. The van der Waals surface area contributed by atoms with Gasteiger partial charge in [0.15, 0.2) is 0 Å². The highest BCUT2D eigenvalue weighted by atomic mass is 13.9. The van der Waals surface area contributed by atoms with Crippen molar-refractivity contribution in [3.8, 4) is 0 Å². The summed E-state index contributed by atoms with van der Waals surface area (Å²) in [5, 5.41) is 0. The van der Waals surface area contributed by atoms with Crippen LogP contribution >= 0.6 is 0 Å². The Kier molecular flexibility index (Phi) is 11.2. The van der Waals surface area contributed by atoms with Crippen LogP contribution in [0.15, 0.2) is 48.6 Å². The van der Waals surface area contributed by atoms with Crippen molar-refractivity contribution in [1.82, 2.24) is 0 Å². The van der Waals surface area contributed by atoms with Gasteiger partial charge in [0, 0.05) is 0 Å². The molecule has 0 unspecified atom stereocenters. The summed E-state index contributed by atoms with van der Waals surface area (Å²) in [7, 11) is 0. The molecule has 12 heavy (non-hydrogen) atoms. The molecule has 0 aliphatic rings. The molecule has 0 aromatic carbocycles. The molecule has 0 bridgehead atoms. The Labute approximate surface area is 77.0 Å². The Balaban J connectivity index is 0. The van der Waals surface area contributed by atoms with Crippen LogP contribution in [0.2, 0.25) is 0 Å². The first-order chi connectivity index (χ1) is 5.35. The minimum atomic E-state index is 0. The van der Waals surface area contributed by atoms with Gasteiger partial charge in [0.2, 0.25) is 0 Å². The average Bonchev–Trinajstić information content (AvgIpc) is 2.01. The Morgan fingerprint density at radius 2 is 2.00 bits per heavy atom. The third kappa shape index (κ3) is 7.07. The molecule has 0 fully saturated rings. The fourth-order valence-electron chi connectivity index (χ4n) is 0.749. The van der Waals surface area contributed by atoms with E-state index < -0.39 is 0 Å².